The van der Waals surface area contributed by atoms with Crippen LogP contribution in [0.25, 0.3) is 10.2 Å². The molecule has 0 radical (unpaired) electrons. The van der Waals surface area contributed by atoms with E-state index in [1.165, 1.54) is 21.4 Å². The van der Waals surface area contributed by atoms with Crippen LogP contribution in [0, 0.1) is 6.92 Å². The Hall–Kier alpha value is -1.87. The highest BCUT2D eigenvalue weighted by molar-refractivity contribution is 7.22. The van der Waals surface area contributed by atoms with Crippen molar-refractivity contribution in [2.75, 3.05) is 5.32 Å². The highest BCUT2D eigenvalue weighted by atomic mass is 32.1. The van der Waals surface area contributed by atoms with Gasteiger partial charge in [-0.2, -0.15) is 0 Å². The predicted octanol–water partition coefficient (Wildman–Crippen LogP) is 4.18. The number of nitrogens with zero attached hydrogens (tertiary/aromatic N) is 1. The van der Waals surface area contributed by atoms with Gasteiger partial charge in [0.25, 0.3) is 0 Å². The Balaban J connectivity index is 1.57. The molecule has 0 saturated heterocycles. The Morgan fingerprint density at radius 1 is 1.10 bits per heavy atom. The number of anilines is 1. The number of rotatable bonds is 2. The lowest BCUT2D eigenvalue weighted by Crippen LogP contribution is -2.19. The summed E-state index contributed by atoms with van der Waals surface area (Å²) in [6, 6.07) is 15.6. The molecule has 2 aromatic carbocycles. The average molecular weight is 280 g/mol. The molecular formula is C17H16N2S. The summed E-state index contributed by atoms with van der Waals surface area (Å²) in [6.07, 6.45) is 2.20. The second-order valence-electron chi connectivity index (χ2n) is 5.51. The molecule has 1 aliphatic carbocycles. The van der Waals surface area contributed by atoms with Crippen molar-refractivity contribution in [2.24, 2.45) is 0 Å². The van der Waals surface area contributed by atoms with Crippen molar-refractivity contribution < 1.29 is 0 Å². The van der Waals surface area contributed by atoms with E-state index in [1.54, 1.807) is 11.3 Å². The second-order valence-corrected chi connectivity index (χ2v) is 6.54. The van der Waals surface area contributed by atoms with Crippen LogP contribution in [0.1, 0.15) is 16.7 Å². The number of fused-ring (bicyclic) bond motifs is 2. The molecule has 2 nitrogen and oxygen atoms in total. The summed E-state index contributed by atoms with van der Waals surface area (Å²) in [5.74, 6) is 0. The third-order valence-corrected chi connectivity index (χ3v) is 4.87. The number of benzene rings is 2. The van der Waals surface area contributed by atoms with Gasteiger partial charge in [0.15, 0.2) is 5.13 Å². The first-order valence-electron chi connectivity index (χ1n) is 6.98. The van der Waals surface area contributed by atoms with Gasteiger partial charge in [-0.15, -0.1) is 0 Å². The Morgan fingerprint density at radius 2 is 1.85 bits per heavy atom. The summed E-state index contributed by atoms with van der Waals surface area (Å²) >= 11 is 1.75. The number of hydrogen-bond acceptors (Lipinski definition) is 3. The van der Waals surface area contributed by atoms with Crippen LogP contribution < -0.4 is 5.32 Å². The largest absolute Gasteiger partial charge is 0.358 e. The van der Waals surface area contributed by atoms with E-state index in [4.69, 9.17) is 0 Å². The Labute approximate surface area is 122 Å². The minimum absolute atomic E-state index is 0.481. The first-order valence-corrected chi connectivity index (χ1v) is 7.80. The van der Waals surface area contributed by atoms with Crippen molar-refractivity contribution >= 4 is 26.7 Å². The van der Waals surface area contributed by atoms with Gasteiger partial charge < -0.3 is 5.32 Å². The van der Waals surface area contributed by atoms with Crippen LogP contribution in [-0.2, 0) is 12.8 Å². The van der Waals surface area contributed by atoms with Crippen LogP contribution in [0.5, 0.6) is 0 Å². The van der Waals surface area contributed by atoms with E-state index in [9.17, 15) is 0 Å². The Bertz CT molecular complexity index is 751. The smallest absolute Gasteiger partial charge is 0.184 e. The molecule has 20 heavy (non-hydrogen) atoms. The standard InChI is InChI=1S/C17H16N2S/c1-11-6-7-15-16(8-11)20-17(19-15)18-14-9-12-4-2-3-5-13(12)10-14/h2-8,14H,9-10H2,1H3,(H,18,19). The van der Waals surface area contributed by atoms with Crippen molar-refractivity contribution in [3.63, 3.8) is 0 Å². The monoisotopic (exact) mass is 280 g/mol. The Kier molecular flexibility index (Phi) is 2.74. The van der Waals surface area contributed by atoms with Gasteiger partial charge in [-0.3, -0.25) is 0 Å². The first kappa shape index (κ1) is 11.9. The number of nitrogens with one attached hydrogen (secondary N) is 1. The van der Waals surface area contributed by atoms with Gasteiger partial charge in [-0.05, 0) is 48.6 Å². The van der Waals surface area contributed by atoms with E-state index in [0.717, 1.165) is 23.5 Å². The summed E-state index contributed by atoms with van der Waals surface area (Å²) in [4.78, 5) is 4.69. The molecule has 0 amide bonds. The van der Waals surface area contributed by atoms with E-state index >= 15 is 0 Å². The molecule has 0 atom stereocenters. The number of aryl methyl sites for hydroxylation is 1. The molecular weight excluding hydrogens is 264 g/mol. The molecule has 0 spiro atoms. The van der Waals surface area contributed by atoms with Gasteiger partial charge in [0, 0.05) is 6.04 Å². The van der Waals surface area contributed by atoms with Gasteiger partial charge in [0.2, 0.25) is 0 Å². The van der Waals surface area contributed by atoms with Gasteiger partial charge in [-0.25, -0.2) is 4.98 Å². The molecule has 0 saturated carbocycles. The molecule has 1 heterocycles. The van der Waals surface area contributed by atoms with Crippen LogP contribution in [0.3, 0.4) is 0 Å². The fourth-order valence-electron chi connectivity index (χ4n) is 2.93. The summed E-state index contributed by atoms with van der Waals surface area (Å²) in [6.45, 7) is 2.12. The SMILES string of the molecule is Cc1ccc2nc(NC3Cc4ccccc4C3)sc2c1. The topological polar surface area (TPSA) is 24.9 Å². The van der Waals surface area contributed by atoms with Crippen molar-refractivity contribution in [2.45, 2.75) is 25.8 Å². The maximum Gasteiger partial charge on any atom is 0.184 e. The molecule has 1 aliphatic rings. The van der Waals surface area contributed by atoms with Crippen LogP contribution in [-0.4, -0.2) is 11.0 Å². The van der Waals surface area contributed by atoms with E-state index in [0.29, 0.717) is 6.04 Å². The van der Waals surface area contributed by atoms with E-state index in [-0.39, 0.29) is 0 Å². The van der Waals surface area contributed by atoms with Crippen molar-refractivity contribution in [1.82, 2.24) is 4.98 Å². The van der Waals surface area contributed by atoms with Crippen molar-refractivity contribution in [3.05, 3.63) is 59.2 Å². The van der Waals surface area contributed by atoms with Crippen LogP contribution >= 0.6 is 11.3 Å². The van der Waals surface area contributed by atoms with Gasteiger partial charge >= 0.3 is 0 Å². The van der Waals surface area contributed by atoms with Gasteiger partial charge in [0.05, 0.1) is 10.2 Å². The minimum atomic E-state index is 0.481. The third-order valence-electron chi connectivity index (χ3n) is 3.92. The summed E-state index contributed by atoms with van der Waals surface area (Å²) in [5.41, 5.74) is 5.34. The molecule has 0 fully saturated rings. The lowest BCUT2D eigenvalue weighted by Gasteiger charge is -2.09. The predicted molar refractivity (Wildman–Crippen MR) is 85.6 cm³/mol. The Morgan fingerprint density at radius 3 is 2.60 bits per heavy atom. The molecule has 0 bridgehead atoms. The normalized spacial score (nSPS) is 14.7. The molecule has 3 heteroatoms. The summed E-state index contributed by atoms with van der Waals surface area (Å²) in [5, 5.41) is 4.65. The van der Waals surface area contributed by atoms with Crippen molar-refractivity contribution in [1.29, 1.82) is 0 Å². The van der Waals surface area contributed by atoms with Crippen LogP contribution in [0.2, 0.25) is 0 Å². The zero-order chi connectivity index (χ0) is 13.5. The van der Waals surface area contributed by atoms with Gasteiger partial charge in [0.1, 0.15) is 0 Å². The number of thiazole rings is 1. The number of aromatic nitrogens is 1. The fraction of sp³-hybridized carbons (Fsp3) is 0.235. The summed E-state index contributed by atoms with van der Waals surface area (Å²) < 4.78 is 1.27. The van der Waals surface area contributed by atoms with Crippen LogP contribution in [0.15, 0.2) is 42.5 Å². The van der Waals surface area contributed by atoms with Crippen molar-refractivity contribution in [3.8, 4) is 0 Å². The van der Waals surface area contributed by atoms with Crippen LogP contribution in [0.4, 0.5) is 5.13 Å². The zero-order valence-corrected chi connectivity index (χ0v) is 12.2. The average Bonchev–Trinajstić information content (AvgIpc) is 3.00. The lowest BCUT2D eigenvalue weighted by molar-refractivity contribution is 0.773. The molecule has 0 unspecified atom stereocenters. The molecule has 3 aromatic rings. The van der Waals surface area contributed by atoms with Gasteiger partial charge in [-0.1, -0.05) is 41.7 Å². The quantitative estimate of drug-likeness (QED) is 0.761. The summed E-state index contributed by atoms with van der Waals surface area (Å²) in [7, 11) is 0. The molecule has 4 rings (SSSR count). The lowest BCUT2D eigenvalue weighted by atomic mass is 10.1. The highest BCUT2D eigenvalue weighted by Gasteiger charge is 2.21. The molecule has 1 N–H and O–H groups in total. The number of hydrogen-bond donors (Lipinski definition) is 1. The second kappa shape index (κ2) is 4.60. The van der Waals surface area contributed by atoms with E-state index in [1.807, 2.05) is 0 Å². The first-order chi connectivity index (χ1) is 9.78. The maximum atomic E-state index is 4.69. The maximum absolute atomic E-state index is 4.69. The highest BCUT2D eigenvalue weighted by Crippen LogP contribution is 2.30. The van der Waals surface area contributed by atoms with E-state index < -0.39 is 0 Å². The minimum Gasteiger partial charge on any atom is -0.358 e. The van der Waals surface area contributed by atoms with E-state index in [2.05, 4.69) is 59.7 Å². The third kappa shape index (κ3) is 2.08. The molecule has 1 aromatic heterocycles. The zero-order valence-electron chi connectivity index (χ0n) is 11.4. The molecule has 100 valence electrons. The fourth-order valence-corrected chi connectivity index (χ4v) is 3.97. The molecule has 0 aliphatic heterocycles.